The molecule has 6 nitrogen and oxygen atoms in total. The third-order valence-electron chi connectivity index (χ3n) is 4.76. The first-order valence-electron chi connectivity index (χ1n) is 9.59. The van der Waals surface area contributed by atoms with E-state index in [0.29, 0.717) is 27.8 Å². The summed E-state index contributed by atoms with van der Waals surface area (Å²) in [7, 11) is 0. The highest BCUT2D eigenvalue weighted by molar-refractivity contribution is 6.30. The highest BCUT2D eigenvalue weighted by Gasteiger charge is 2.31. The molecule has 0 radical (unpaired) electrons. The molecule has 3 aromatic carbocycles. The lowest BCUT2D eigenvalue weighted by atomic mass is 10.1. The first-order chi connectivity index (χ1) is 14.9. The average molecular weight is 440 g/mol. The van der Waals surface area contributed by atoms with Gasteiger partial charge in [0.15, 0.2) is 6.10 Å². The van der Waals surface area contributed by atoms with Gasteiger partial charge in [0.05, 0.1) is 12.2 Å². The van der Waals surface area contributed by atoms with E-state index < -0.39 is 12.1 Å². The first-order valence-corrected chi connectivity index (χ1v) is 9.97. The maximum absolute atomic E-state index is 13.2. The molecule has 0 spiro atoms. The second-order valence-electron chi connectivity index (χ2n) is 7.08. The molecule has 0 saturated carbocycles. The van der Waals surface area contributed by atoms with Gasteiger partial charge in [0.25, 0.3) is 5.91 Å². The zero-order chi connectivity index (χ0) is 22.0. The zero-order valence-electron chi connectivity index (χ0n) is 16.6. The van der Waals surface area contributed by atoms with Gasteiger partial charge in [0, 0.05) is 16.4 Å². The molecule has 0 bridgehead atoms. The lowest BCUT2D eigenvalue weighted by Gasteiger charge is -2.33. The lowest BCUT2D eigenvalue weighted by molar-refractivity contribution is -0.125. The molecule has 4 rings (SSSR count). The van der Waals surface area contributed by atoms with Gasteiger partial charge < -0.3 is 20.3 Å². The number of rotatable bonds is 4. The number of carbonyl (C=O) groups excluding carboxylic acids is 2. The summed E-state index contributed by atoms with van der Waals surface area (Å²) in [5, 5.41) is 5.95. The van der Waals surface area contributed by atoms with Crippen molar-refractivity contribution < 1.29 is 18.7 Å². The maximum atomic E-state index is 13.2. The SMILES string of the molecule is CC1Oc2ccc(NC(=O)Nc3cccc(Cl)c3)cc2N(Cc2ccc(F)cc2)C1=O. The third-order valence-corrected chi connectivity index (χ3v) is 5.00. The summed E-state index contributed by atoms with van der Waals surface area (Å²) in [5.41, 5.74) is 2.32. The highest BCUT2D eigenvalue weighted by Crippen LogP contribution is 2.37. The predicted octanol–water partition coefficient (Wildman–Crippen LogP) is 5.44. The molecule has 1 heterocycles. The Morgan fingerprint density at radius 3 is 2.48 bits per heavy atom. The molecule has 0 aromatic heterocycles. The minimum atomic E-state index is -0.655. The van der Waals surface area contributed by atoms with Gasteiger partial charge in [-0.3, -0.25) is 4.79 Å². The van der Waals surface area contributed by atoms with Crippen LogP contribution in [-0.4, -0.2) is 18.0 Å². The summed E-state index contributed by atoms with van der Waals surface area (Å²) in [6.07, 6.45) is -0.655. The number of nitrogens with zero attached hydrogens (tertiary/aromatic N) is 1. The smallest absolute Gasteiger partial charge is 0.323 e. The summed E-state index contributed by atoms with van der Waals surface area (Å²) in [6.45, 7) is 1.92. The number of halogens is 2. The van der Waals surface area contributed by atoms with Crippen molar-refractivity contribution in [3.8, 4) is 5.75 Å². The number of fused-ring (bicyclic) bond motifs is 1. The zero-order valence-corrected chi connectivity index (χ0v) is 17.3. The van der Waals surface area contributed by atoms with E-state index in [1.54, 1.807) is 66.4 Å². The lowest BCUT2D eigenvalue weighted by Crippen LogP contribution is -2.44. The Balaban J connectivity index is 1.56. The van der Waals surface area contributed by atoms with E-state index in [9.17, 15) is 14.0 Å². The molecule has 0 saturated heterocycles. The largest absolute Gasteiger partial charge is 0.479 e. The van der Waals surface area contributed by atoms with E-state index in [1.807, 2.05) is 0 Å². The summed E-state index contributed by atoms with van der Waals surface area (Å²) in [5.74, 6) is -0.0459. The molecule has 1 atom stereocenters. The summed E-state index contributed by atoms with van der Waals surface area (Å²) >= 11 is 5.94. The first kappa shape index (κ1) is 20.7. The van der Waals surface area contributed by atoms with Crippen molar-refractivity contribution in [2.24, 2.45) is 0 Å². The fraction of sp³-hybridized carbons (Fsp3) is 0.130. The van der Waals surface area contributed by atoms with E-state index in [-0.39, 0.29) is 18.3 Å². The van der Waals surface area contributed by atoms with Crippen LogP contribution >= 0.6 is 11.6 Å². The molecule has 1 unspecified atom stereocenters. The molecule has 3 aromatic rings. The Hall–Kier alpha value is -3.58. The van der Waals surface area contributed by atoms with Crippen molar-refractivity contribution in [2.45, 2.75) is 19.6 Å². The van der Waals surface area contributed by atoms with Crippen LogP contribution in [0.5, 0.6) is 5.75 Å². The van der Waals surface area contributed by atoms with Crippen LogP contribution in [0.25, 0.3) is 0 Å². The van der Waals surface area contributed by atoms with Crippen LogP contribution in [0.1, 0.15) is 12.5 Å². The van der Waals surface area contributed by atoms with Crippen LogP contribution in [-0.2, 0) is 11.3 Å². The van der Waals surface area contributed by atoms with Crippen LogP contribution in [0.4, 0.5) is 26.2 Å². The summed E-state index contributed by atoms with van der Waals surface area (Å²) < 4.78 is 18.9. The van der Waals surface area contributed by atoms with Crippen molar-refractivity contribution in [2.75, 3.05) is 15.5 Å². The number of carbonyl (C=O) groups is 2. The summed E-state index contributed by atoms with van der Waals surface area (Å²) in [6, 6.07) is 17.3. The molecule has 0 fully saturated rings. The number of hydrogen-bond acceptors (Lipinski definition) is 3. The molecule has 31 heavy (non-hydrogen) atoms. The van der Waals surface area contributed by atoms with Crippen molar-refractivity contribution in [1.82, 2.24) is 0 Å². The van der Waals surface area contributed by atoms with Crippen molar-refractivity contribution in [1.29, 1.82) is 0 Å². The van der Waals surface area contributed by atoms with Gasteiger partial charge in [-0.15, -0.1) is 0 Å². The van der Waals surface area contributed by atoms with Crippen molar-refractivity contribution >= 4 is 40.6 Å². The molecule has 2 N–H and O–H groups in total. The van der Waals surface area contributed by atoms with Crippen LogP contribution in [0.2, 0.25) is 5.02 Å². The topological polar surface area (TPSA) is 70.7 Å². The number of anilines is 3. The van der Waals surface area contributed by atoms with Crippen LogP contribution < -0.4 is 20.3 Å². The Kier molecular flexibility index (Phi) is 5.77. The maximum Gasteiger partial charge on any atom is 0.323 e. The molecule has 8 heteroatoms. The van der Waals surface area contributed by atoms with Gasteiger partial charge in [-0.05, 0) is 61.0 Å². The van der Waals surface area contributed by atoms with Gasteiger partial charge in [-0.2, -0.15) is 0 Å². The number of nitrogens with one attached hydrogen (secondary N) is 2. The second-order valence-corrected chi connectivity index (χ2v) is 7.52. The van der Waals surface area contributed by atoms with Gasteiger partial charge in [0.1, 0.15) is 11.6 Å². The van der Waals surface area contributed by atoms with Gasteiger partial charge in [-0.1, -0.05) is 29.8 Å². The van der Waals surface area contributed by atoms with Gasteiger partial charge in [-0.25, -0.2) is 9.18 Å². The van der Waals surface area contributed by atoms with E-state index >= 15 is 0 Å². The fourth-order valence-corrected chi connectivity index (χ4v) is 3.47. The van der Waals surface area contributed by atoms with Crippen molar-refractivity contribution in [3.63, 3.8) is 0 Å². The molecule has 0 aliphatic carbocycles. The van der Waals surface area contributed by atoms with Gasteiger partial charge in [0.2, 0.25) is 0 Å². The molecule has 1 aliphatic heterocycles. The average Bonchev–Trinajstić information content (AvgIpc) is 2.73. The number of ether oxygens (including phenoxy) is 1. The monoisotopic (exact) mass is 439 g/mol. The van der Waals surface area contributed by atoms with Gasteiger partial charge >= 0.3 is 6.03 Å². The van der Waals surface area contributed by atoms with E-state index in [0.717, 1.165) is 5.56 Å². The van der Waals surface area contributed by atoms with E-state index in [1.165, 1.54) is 12.1 Å². The van der Waals surface area contributed by atoms with Crippen LogP contribution in [0.3, 0.4) is 0 Å². The highest BCUT2D eigenvalue weighted by atomic mass is 35.5. The van der Waals surface area contributed by atoms with E-state index in [2.05, 4.69) is 10.6 Å². The molecular weight excluding hydrogens is 421 g/mol. The molecule has 158 valence electrons. The quantitative estimate of drug-likeness (QED) is 0.568. The minimum Gasteiger partial charge on any atom is -0.479 e. The van der Waals surface area contributed by atoms with Crippen LogP contribution in [0, 0.1) is 5.82 Å². The standard InChI is InChI=1S/C23H19ClFN3O3/c1-14-22(29)28(13-15-5-7-17(25)8-6-15)20-12-19(9-10-21(20)31-14)27-23(30)26-18-4-2-3-16(24)11-18/h2-12,14H,13H2,1H3,(H2,26,27,30). The Morgan fingerprint density at radius 2 is 1.77 bits per heavy atom. The molecular formula is C23H19ClFN3O3. The van der Waals surface area contributed by atoms with E-state index in [4.69, 9.17) is 16.3 Å². The van der Waals surface area contributed by atoms with Crippen molar-refractivity contribution in [3.05, 3.63) is 83.1 Å². The minimum absolute atomic E-state index is 0.225. The Labute approximate surface area is 183 Å². The Bertz CT molecular complexity index is 1140. The Morgan fingerprint density at radius 1 is 1.06 bits per heavy atom. The molecule has 1 aliphatic rings. The third kappa shape index (κ3) is 4.78. The summed E-state index contributed by atoms with van der Waals surface area (Å²) in [4.78, 5) is 26.7. The fourth-order valence-electron chi connectivity index (χ4n) is 3.28. The number of benzene rings is 3. The number of urea groups is 1. The normalized spacial score (nSPS) is 15.1. The predicted molar refractivity (Wildman–Crippen MR) is 118 cm³/mol. The molecule has 3 amide bonds. The van der Waals surface area contributed by atoms with Crippen LogP contribution in [0.15, 0.2) is 66.7 Å². The number of amides is 3. The second kappa shape index (κ2) is 8.65. The number of hydrogen-bond donors (Lipinski definition) is 2.